The lowest BCUT2D eigenvalue weighted by Gasteiger charge is -2.33. The third kappa shape index (κ3) is 5.28. The van der Waals surface area contributed by atoms with Gasteiger partial charge in [-0.2, -0.15) is 13.2 Å². The van der Waals surface area contributed by atoms with E-state index in [9.17, 15) is 22.7 Å². The molecular weight excluding hydrogens is 334 g/mol. The van der Waals surface area contributed by atoms with Crippen molar-refractivity contribution in [3.05, 3.63) is 71.8 Å². The van der Waals surface area contributed by atoms with Gasteiger partial charge in [-0.1, -0.05) is 60.7 Å². The average molecular weight is 355 g/mol. The third-order valence-corrected chi connectivity index (χ3v) is 4.10. The first-order valence-corrected chi connectivity index (χ1v) is 7.93. The highest BCUT2D eigenvalue weighted by molar-refractivity contribution is 5.17. The number of hydrogen-bond donors (Lipinski definition) is 1. The summed E-state index contributed by atoms with van der Waals surface area (Å²) in [6.07, 6.45) is -7.49. The van der Waals surface area contributed by atoms with Gasteiger partial charge < -0.3 is 5.11 Å². The molecule has 0 spiro atoms. The van der Waals surface area contributed by atoms with Crippen LogP contribution in [0.1, 0.15) is 18.1 Å². The Morgan fingerprint density at radius 2 is 1.28 bits per heavy atom. The second-order valence-corrected chi connectivity index (χ2v) is 6.25. The van der Waals surface area contributed by atoms with Crippen molar-refractivity contribution in [2.75, 3.05) is 6.54 Å². The van der Waals surface area contributed by atoms with E-state index in [4.69, 9.17) is 0 Å². The standard InChI is InChI=1S/C19H21F4NO/c1-18(25,19(21,22)23)17(20)14-24(12-15-8-4-2-5-9-15)13-16-10-6-3-7-11-16/h2-11,17,25H,12-14H2,1H3/t17?,18-/m1/s1. The molecular formula is C19H21F4NO. The van der Waals surface area contributed by atoms with Crippen LogP contribution in [0.3, 0.4) is 0 Å². The Bertz CT molecular complexity index is 602. The molecule has 136 valence electrons. The third-order valence-electron chi connectivity index (χ3n) is 4.10. The van der Waals surface area contributed by atoms with Crippen LogP contribution >= 0.6 is 0 Å². The van der Waals surface area contributed by atoms with E-state index < -0.39 is 24.5 Å². The second-order valence-electron chi connectivity index (χ2n) is 6.25. The Hall–Kier alpha value is -1.92. The summed E-state index contributed by atoms with van der Waals surface area (Å²) in [5, 5.41) is 9.57. The van der Waals surface area contributed by atoms with Crippen molar-refractivity contribution < 1.29 is 22.7 Å². The van der Waals surface area contributed by atoms with Gasteiger partial charge in [-0.15, -0.1) is 0 Å². The highest BCUT2D eigenvalue weighted by Gasteiger charge is 2.55. The van der Waals surface area contributed by atoms with Crippen molar-refractivity contribution in [1.29, 1.82) is 0 Å². The fourth-order valence-electron chi connectivity index (χ4n) is 2.45. The van der Waals surface area contributed by atoms with Crippen LogP contribution in [0.5, 0.6) is 0 Å². The number of rotatable bonds is 7. The highest BCUT2D eigenvalue weighted by atomic mass is 19.4. The van der Waals surface area contributed by atoms with Gasteiger partial charge in [-0.05, 0) is 18.1 Å². The van der Waals surface area contributed by atoms with Crippen LogP contribution in [0.15, 0.2) is 60.7 Å². The van der Waals surface area contributed by atoms with E-state index in [0.29, 0.717) is 6.92 Å². The summed E-state index contributed by atoms with van der Waals surface area (Å²) >= 11 is 0. The molecule has 6 heteroatoms. The van der Waals surface area contributed by atoms with Crippen LogP contribution in [0.4, 0.5) is 17.6 Å². The van der Waals surface area contributed by atoms with E-state index in [1.807, 2.05) is 60.7 Å². The quantitative estimate of drug-likeness (QED) is 0.747. The minimum absolute atomic E-state index is 0.282. The molecule has 0 amide bonds. The van der Waals surface area contributed by atoms with Crippen molar-refractivity contribution in [2.45, 2.75) is 38.0 Å². The summed E-state index contributed by atoms with van der Waals surface area (Å²) in [6, 6.07) is 18.2. The van der Waals surface area contributed by atoms with Crippen LogP contribution in [-0.4, -0.2) is 34.5 Å². The molecule has 2 rings (SSSR count). The molecule has 1 N–H and O–H groups in total. The van der Waals surface area contributed by atoms with E-state index in [0.717, 1.165) is 11.1 Å². The molecule has 2 atom stereocenters. The summed E-state index contributed by atoms with van der Waals surface area (Å²) in [4.78, 5) is 1.57. The first kappa shape index (κ1) is 19.4. The zero-order chi connectivity index (χ0) is 18.5. The predicted octanol–water partition coefficient (Wildman–Crippen LogP) is 4.34. The van der Waals surface area contributed by atoms with E-state index in [2.05, 4.69) is 0 Å². The first-order valence-electron chi connectivity index (χ1n) is 7.93. The van der Waals surface area contributed by atoms with Gasteiger partial charge in [0.25, 0.3) is 0 Å². The summed E-state index contributed by atoms with van der Waals surface area (Å²) in [5.74, 6) is 0. The maximum Gasteiger partial charge on any atom is 0.419 e. The fraction of sp³-hybridized carbons (Fsp3) is 0.368. The smallest absolute Gasteiger partial charge is 0.378 e. The Labute approximate surface area is 144 Å². The number of nitrogens with zero attached hydrogens (tertiary/aromatic N) is 1. The van der Waals surface area contributed by atoms with Crippen molar-refractivity contribution in [3.63, 3.8) is 0 Å². The molecule has 0 aliphatic heterocycles. The molecule has 0 aromatic heterocycles. The van der Waals surface area contributed by atoms with Gasteiger partial charge in [-0.25, -0.2) is 4.39 Å². The molecule has 0 radical (unpaired) electrons. The lowest BCUT2D eigenvalue weighted by molar-refractivity contribution is -0.274. The minimum atomic E-state index is -5.03. The van der Waals surface area contributed by atoms with Crippen LogP contribution in [0.25, 0.3) is 0 Å². The van der Waals surface area contributed by atoms with Gasteiger partial charge in [0.15, 0.2) is 5.60 Å². The van der Waals surface area contributed by atoms with Crippen LogP contribution < -0.4 is 0 Å². The molecule has 0 bridgehead atoms. The summed E-state index contributed by atoms with van der Waals surface area (Å²) < 4.78 is 53.0. The second kappa shape index (κ2) is 7.97. The zero-order valence-electron chi connectivity index (χ0n) is 13.9. The summed E-state index contributed by atoms with van der Waals surface area (Å²) in [6.45, 7) is 0.505. The molecule has 2 nitrogen and oxygen atoms in total. The van der Waals surface area contributed by atoms with Gasteiger partial charge in [0.1, 0.15) is 6.17 Å². The van der Waals surface area contributed by atoms with Gasteiger partial charge >= 0.3 is 6.18 Å². The molecule has 2 aromatic carbocycles. The molecule has 0 saturated heterocycles. The Morgan fingerprint density at radius 1 is 0.880 bits per heavy atom. The Kier molecular flexibility index (Phi) is 6.19. The molecule has 0 heterocycles. The van der Waals surface area contributed by atoms with Crippen molar-refractivity contribution in [1.82, 2.24) is 4.90 Å². The topological polar surface area (TPSA) is 23.5 Å². The first-order chi connectivity index (χ1) is 11.7. The van der Waals surface area contributed by atoms with Crippen molar-refractivity contribution >= 4 is 0 Å². The molecule has 0 saturated carbocycles. The SMILES string of the molecule is C[C@@](O)(C(F)CN(Cc1ccccc1)Cc1ccccc1)C(F)(F)F. The highest BCUT2D eigenvalue weighted by Crippen LogP contribution is 2.34. The number of aliphatic hydroxyl groups is 1. The molecule has 2 aromatic rings. The van der Waals surface area contributed by atoms with E-state index in [1.54, 1.807) is 4.90 Å². The summed E-state index contributed by atoms with van der Waals surface area (Å²) in [7, 11) is 0. The number of halogens is 4. The molecule has 0 fully saturated rings. The number of benzene rings is 2. The van der Waals surface area contributed by atoms with E-state index >= 15 is 0 Å². The maximum absolute atomic E-state index is 14.3. The van der Waals surface area contributed by atoms with Gasteiger partial charge in [-0.3, -0.25) is 4.90 Å². The van der Waals surface area contributed by atoms with Crippen LogP contribution in [-0.2, 0) is 13.1 Å². The van der Waals surface area contributed by atoms with Crippen LogP contribution in [0, 0.1) is 0 Å². The van der Waals surface area contributed by atoms with Crippen molar-refractivity contribution in [2.24, 2.45) is 0 Å². The van der Waals surface area contributed by atoms with E-state index in [-0.39, 0.29) is 13.1 Å². The van der Waals surface area contributed by atoms with Crippen LogP contribution in [0.2, 0.25) is 0 Å². The zero-order valence-corrected chi connectivity index (χ0v) is 13.9. The Morgan fingerprint density at radius 3 is 1.64 bits per heavy atom. The van der Waals surface area contributed by atoms with Gasteiger partial charge in [0.05, 0.1) is 0 Å². The summed E-state index contributed by atoms with van der Waals surface area (Å²) in [5.41, 5.74) is -1.67. The molecule has 0 aliphatic carbocycles. The minimum Gasteiger partial charge on any atom is -0.378 e. The lowest BCUT2D eigenvalue weighted by Crippen LogP contribution is -2.53. The van der Waals surface area contributed by atoms with E-state index in [1.165, 1.54) is 0 Å². The molecule has 1 unspecified atom stereocenters. The number of alkyl halides is 4. The Balaban J connectivity index is 2.16. The van der Waals surface area contributed by atoms with Gasteiger partial charge in [0, 0.05) is 19.6 Å². The van der Waals surface area contributed by atoms with Crippen molar-refractivity contribution in [3.8, 4) is 0 Å². The fourth-order valence-corrected chi connectivity index (χ4v) is 2.45. The lowest BCUT2D eigenvalue weighted by atomic mass is 9.99. The number of hydrogen-bond acceptors (Lipinski definition) is 2. The molecule has 0 aliphatic rings. The normalized spacial score (nSPS) is 15.8. The maximum atomic E-state index is 14.3. The average Bonchev–Trinajstić information content (AvgIpc) is 2.55. The predicted molar refractivity (Wildman–Crippen MR) is 88.6 cm³/mol. The largest absolute Gasteiger partial charge is 0.419 e. The van der Waals surface area contributed by atoms with Gasteiger partial charge in [0.2, 0.25) is 0 Å². The monoisotopic (exact) mass is 355 g/mol. The molecule has 25 heavy (non-hydrogen) atoms.